The number of azo groups is 1. The fourth-order valence-corrected chi connectivity index (χ4v) is 13.1. The minimum Gasteiger partial charge on any atom is -0.394 e. The number of ether oxygens (including phenoxy) is 14. The molecule has 3 aromatic rings. The summed E-state index contributed by atoms with van der Waals surface area (Å²) >= 11 is 0. The van der Waals surface area contributed by atoms with Crippen LogP contribution in [0, 0.1) is 0 Å². The van der Waals surface area contributed by atoms with Gasteiger partial charge in [0.1, 0.15) is 177 Å². The minimum atomic E-state index is -2.35. The van der Waals surface area contributed by atoms with Gasteiger partial charge in [0, 0.05) is 30.4 Å². The Bertz CT molecular complexity index is 3170. The maximum atomic E-state index is 14.5. The van der Waals surface area contributed by atoms with Crippen molar-refractivity contribution in [1.82, 2.24) is 20.6 Å². The number of aromatic nitrogens is 2. The Morgan fingerprint density at radius 2 is 0.660 bits per heavy atom. The number of rotatable bonds is 15. The summed E-state index contributed by atoms with van der Waals surface area (Å²) in [5, 5.41) is 240. The van der Waals surface area contributed by atoms with E-state index < -0.39 is 279 Å². The molecule has 21 fully saturated rings. The van der Waals surface area contributed by atoms with Gasteiger partial charge in [-0.2, -0.15) is 10.2 Å². The van der Waals surface area contributed by atoms with E-state index in [-0.39, 0.29) is 12.0 Å². The van der Waals surface area contributed by atoms with Gasteiger partial charge in [0.25, 0.3) is 5.91 Å². The van der Waals surface area contributed by atoms with Gasteiger partial charge in [-0.1, -0.05) is 18.2 Å². The molecule has 2 amide bonds. The van der Waals surface area contributed by atoms with E-state index in [1.165, 1.54) is 36.8 Å². The van der Waals surface area contributed by atoms with Crippen LogP contribution in [0.4, 0.5) is 11.4 Å². The standard InChI is InChI=1S/C61H86N6O36/c68-13-26-47-34(76)41(83)57(92-26)100-49-28(15-70)94-59(43(85)36(49)78)102-51-30(17-72)96-61(45(87)38(51)80)103-52-31(18-73)95-60(44(86)37(52)79)101-50-29(16-71)93-58(42(84)35(50)77)99-48-27(14-69)91-56(40(82)33(48)75)97-46-25(90-55(98-47)39(81)32(46)74)12-63-54(89)24(10-23-11-62-19-64-23)65-53(88)20-6-8-22(9-7-20)67-66-21-4-2-1-3-5-21/h1-9,11,19,24-52,55-61,68-87H,10,12-18H2,(H,62,64)(H,63,89)(H,65,88)/t24-,25+,26+,27+,28+,29+,30+,31+,32+,33+,34+,35+,36+,37+,38+,39+,40+,41+,42+,43+,44+,45+,46+,47+,48+,49+,50+,51+,52+,55+,56+,57+,58+,59+,60+,61+/m0/s1. The second-order valence-electron chi connectivity index (χ2n) is 25.6. The van der Waals surface area contributed by atoms with Gasteiger partial charge in [-0.25, -0.2) is 4.98 Å². The highest BCUT2D eigenvalue weighted by atomic mass is 16.8. The van der Waals surface area contributed by atoms with Gasteiger partial charge >= 0.3 is 0 Å². The van der Waals surface area contributed by atoms with Crippen LogP contribution in [0.1, 0.15) is 16.1 Å². The lowest BCUT2D eigenvalue weighted by atomic mass is 9.95. The molecule has 24 rings (SSSR count). The summed E-state index contributed by atoms with van der Waals surface area (Å²) in [5.41, 5.74) is 1.34. The molecule has 0 saturated carbocycles. The SMILES string of the molecule is O=C(N[C@@H](Cc1cnc[nH]1)C(=O)NC[C@H]1O[C@@H]2O[C@H]3[C@H](O)[C@@H](O)[C@@H](O[C@H]4[C@H](O)[C@@H](O)[C@@H](O[C@H]5[C@H](O)[C@@H](O)[C@@H](O[C@H]6[C@H](O)[C@@H](O)[C@@H](O[C@H]7[C@H](O)[C@@H](O)[C@@H](O[C@H]8[C@H](O)[C@@H](O)[C@@H](O[C@H]1[C@H](O)[C@H]2O)O[C@@H]8CO)O[C@@H]7CO)O[C@@H]6CO)O[C@@H]5CO)O[C@@H]4CO)O[C@@H]3CO)c1ccc(N=Nc2ccccc2)cc1. The topological polar surface area (TPSA) is 645 Å². The lowest BCUT2D eigenvalue weighted by Crippen LogP contribution is -2.68. The largest absolute Gasteiger partial charge is 0.394 e. The Morgan fingerprint density at radius 3 is 0.942 bits per heavy atom. The number of carbonyl (C=O) groups excluding carboxylic acids is 2. The zero-order chi connectivity index (χ0) is 73.8. The van der Waals surface area contributed by atoms with Crippen LogP contribution in [0.3, 0.4) is 0 Å². The van der Waals surface area contributed by atoms with Crippen molar-refractivity contribution < 1.29 is 178 Å². The number of amides is 2. The van der Waals surface area contributed by atoms with Crippen molar-refractivity contribution in [2.75, 3.05) is 46.2 Å². The Morgan fingerprint density at radius 1 is 0.379 bits per heavy atom. The highest BCUT2D eigenvalue weighted by Gasteiger charge is 2.60. The Labute approximate surface area is 582 Å². The fourth-order valence-electron chi connectivity index (χ4n) is 13.1. The zero-order valence-corrected chi connectivity index (χ0v) is 54.1. The second kappa shape index (κ2) is 34.8. The van der Waals surface area contributed by atoms with Crippen molar-refractivity contribution in [3.63, 3.8) is 0 Å². The zero-order valence-electron chi connectivity index (χ0n) is 54.1. The van der Waals surface area contributed by atoms with Crippen molar-refractivity contribution >= 4 is 23.2 Å². The summed E-state index contributed by atoms with van der Waals surface area (Å²) in [4.78, 5) is 35.2. The second-order valence-corrected chi connectivity index (χ2v) is 25.6. The number of nitrogens with zero attached hydrogens (tertiary/aromatic N) is 3. The molecule has 21 aliphatic heterocycles. The van der Waals surface area contributed by atoms with Crippen LogP contribution in [0.25, 0.3) is 0 Å². The molecule has 42 heteroatoms. The van der Waals surface area contributed by atoms with Gasteiger partial charge in [-0.3, -0.25) is 9.59 Å². The van der Waals surface area contributed by atoms with Crippen LogP contribution >= 0.6 is 0 Å². The van der Waals surface area contributed by atoms with Gasteiger partial charge in [-0.15, -0.1) is 0 Å². The molecule has 0 aliphatic carbocycles. The summed E-state index contributed by atoms with van der Waals surface area (Å²) in [6.45, 7) is -7.41. The molecule has 0 spiro atoms. The van der Waals surface area contributed by atoms with E-state index in [9.17, 15) is 112 Å². The summed E-state index contributed by atoms with van der Waals surface area (Å²) in [6.07, 6.45) is -70.8. The van der Waals surface area contributed by atoms with E-state index in [0.29, 0.717) is 17.1 Å². The molecule has 103 heavy (non-hydrogen) atoms. The molecular formula is C61H86N6O36. The van der Waals surface area contributed by atoms with Crippen molar-refractivity contribution in [3.05, 3.63) is 78.4 Å². The third kappa shape index (κ3) is 17.1. The average Bonchev–Trinajstić information content (AvgIpc) is 0.871. The molecule has 0 unspecified atom stereocenters. The molecule has 1 aromatic heterocycles. The molecule has 23 N–H and O–H groups in total. The number of nitrogens with one attached hydrogen (secondary N) is 3. The summed E-state index contributed by atoms with van der Waals surface area (Å²) < 4.78 is 81.8. The number of aliphatic hydroxyl groups is 20. The van der Waals surface area contributed by atoms with Crippen LogP contribution < -0.4 is 10.6 Å². The number of aromatic amines is 1. The number of aliphatic hydroxyl groups excluding tert-OH is 20. The van der Waals surface area contributed by atoms with Crippen LogP contribution in [-0.4, -0.2) is 391 Å². The van der Waals surface area contributed by atoms with Gasteiger partial charge in [0.15, 0.2) is 44.0 Å². The Balaban J connectivity index is 0.878. The predicted molar refractivity (Wildman–Crippen MR) is 325 cm³/mol. The number of hydrogen-bond donors (Lipinski definition) is 23. The molecule has 21 saturated heterocycles. The minimum absolute atomic E-state index is 0.0660. The first-order valence-corrected chi connectivity index (χ1v) is 32.9. The summed E-state index contributed by atoms with van der Waals surface area (Å²) in [6, 6.07) is 13.2. The molecular weight excluding hydrogens is 1390 g/mol. The maximum absolute atomic E-state index is 14.5. The van der Waals surface area contributed by atoms with Crippen molar-refractivity contribution in [2.45, 2.75) is 227 Å². The van der Waals surface area contributed by atoms with Crippen LogP contribution in [0.5, 0.6) is 0 Å². The Kier molecular flexibility index (Phi) is 26.7. The lowest BCUT2D eigenvalue weighted by Gasteiger charge is -2.50. The molecule has 2 aromatic carbocycles. The van der Waals surface area contributed by atoms with Crippen LogP contribution in [-0.2, 0) is 77.5 Å². The normalized spacial score (nSPS) is 44.6. The van der Waals surface area contributed by atoms with E-state index in [1.807, 2.05) is 0 Å². The van der Waals surface area contributed by atoms with Gasteiger partial charge in [0.05, 0.1) is 57.3 Å². The predicted octanol–water partition coefficient (Wildman–Crippen LogP) is -11.9. The fraction of sp³-hybridized carbons (Fsp3) is 0.721. The third-order valence-electron chi connectivity index (χ3n) is 18.8. The summed E-state index contributed by atoms with van der Waals surface area (Å²) in [5.74, 6) is -1.72. The number of benzene rings is 2. The van der Waals surface area contributed by atoms with E-state index >= 15 is 0 Å². The van der Waals surface area contributed by atoms with Gasteiger partial charge < -0.3 is 184 Å². The number of imidazole rings is 1. The molecule has 36 atom stereocenters. The number of hydrogen-bond acceptors (Lipinski definition) is 39. The van der Waals surface area contributed by atoms with Gasteiger partial charge in [-0.05, 0) is 36.4 Å². The molecule has 21 aliphatic rings. The van der Waals surface area contributed by atoms with Gasteiger partial charge in [0.2, 0.25) is 5.91 Å². The first kappa shape index (κ1) is 78.9. The lowest BCUT2D eigenvalue weighted by molar-refractivity contribution is -0.396. The molecule has 14 bridgehead atoms. The van der Waals surface area contributed by atoms with Crippen molar-refractivity contribution in [1.29, 1.82) is 0 Å². The van der Waals surface area contributed by atoms with Crippen LogP contribution in [0.2, 0.25) is 0 Å². The van der Waals surface area contributed by atoms with Crippen molar-refractivity contribution in [3.8, 4) is 0 Å². The van der Waals surface area contributed by atoms with E-state index in [4.69, 9.17) is 66.3 Å². The Hall–Kier alpha value is -5.17. The molecule has 42 nitrogen and oxygen atoms in total. The van der Waals surface area contributed by atoms with Crippen molar-refractivity contribution in [2.24, 2.45) is 10.2 Å². The van der Waals surface area contributed by atoms with E-state index in [0.717, 1.165) is 0 Å². The highest BCUT2D eigenvalue weighted by molar-refractivity contribution is 5.97. The monoisotopic (exact) mass is 1480 g/mol. The van der Waals surface area contributed by atoms with E-state index in [2.05, 4.69) is 30.8 Å². The third-order valence-corrected chi connectivity index (χ3v) is 18.8. The first-order chi connectivity index (χ1) is 49.4. The molecule has 22 heterocycles. The van der Waals surface area contributed by atoms with E-state index in [1.54, 1.807) is 30.3 Å². The molecule has 576 valence electrons. The molecule has 0 radical (unpaired) electrons. The number of carbonyl (C=O) groups is 2. The highest BCUT2D eigenvalue weighted by Crippen LogP contribution is 2.39. The average molecular weight is 1480 g/mol. The van der Waals surface area contributed by atoms with Crippen LogP contribution in [0.15, 0.2) is 77.3 Å². The number of H-pyrrole nitrogens is 1. The maximum Gasteiger partial charge on any atom is 0.251 e. The quantitative estimate of drug-likeness (QED) is 0.0628. The summed E-state index contributed by atoms with van der Waals surface area (Å²) in [7, 11) is 0. The smallest absolute Gasteiger partial charge is 0.251 e. The first-order valence-electron chi connectivity index (χ1n) is 32.9.